The monoisotopic (exact) mass is 501 g/mol. The summed E-state index contributed by atoms with van der Waals surface area (Å²) in [6.45, 7) is 0.0583. The van der Waals surface area contributed by atoms with Gasteiger partial charge in [-0.25, -0.2) is 10.9 Å². The van der Waals surface area contributed by atoms with E-state index < -0.39 is 23.8 Å². The number of carbonyl (C=O) groups is 2. The van der Waals surface area contributed by atoms with E-state index in [-0.39, 0.29) is 40.8 Å². The van der Waals surface area contributed by atoms with E-state index in [9.17, 15) is 19.8 Å². The average molecular weight is 501 g/mol. The first-order valence-electron chi connectivity index (χ1n) is 10.9. The number of phenolic OH excluding ortho intramolecular Hbond substituents is 2. The molecule has 1 fully saturated rings. The van der Waals surface area contributed by atoms with E-state index in [1.54, 1.807) is 42.5 Å². The molecule has 0 unspecified atom stereocenters. The molecule has 5 rings (SSSR count). The number of carbonyl (C=O) groups excluding carboxylic acids is 2. The Morgan fingerprint density at radius 1 is 0.838 bits per heavy atom. The second-order valence-electron chi connectivity index (χ2n) is 7.81. The van der Waals surface area contributed by atoms with E-state index in [1.165, 1.54) is 24.3 Å². The number of ether oxygens (including phenoxy) is 3. The van der Waals surface area contributed by atoms with Crippen LogP contribution in [0.15, 0.2) is 76.9 Å². The number of benzene rings is 3. The molecule has 1 saturated heterocycles. The van der Waals surface area contributed by atoms with E-state index in [0.717, 1.165) is 0 Å². The molecule has 2 heterocycles. The molecule has 186 valence electrons. The van der Waals surface area contributed by atoms with Gasteiger partial charge in [-0.05, 0) is 36.4 Å². The second-order valence-corrected chi connectivity index (χ2v) is 7.81. The molecule has 37 heavy (non-hydrogen) atoms. The van der Waals surface area contributed by atoms with Crippen LogP contribution in [-0.2, 0) is 4.74 Å². The summed E-state index contributed by atoms with van der Waals surface area (Å²) in [5, 5.41) is 36.3. The Bertz CT molecular complexity index is 1480. The minimum Gasteiger partial charge on any atom is -0.507 e. The molecule has 0 saturated carbocycles. The molecule has 12 heteroatoms. The largest absolute Gasteiger partial charge is 0.507 e. The molecule has 0 radical (unpaired) electrons. The van der Waals surface area contributed by atoms with Crippen LogP contribution in [0.2, 0.25) is 0 Å². The first-order chi connectivity index (χ1) is 17.9. The van der Waals surface area contributed by atoms with Crippen LogP contribution < -0.4 is 20.3 Å². The van der Waals surface area contributed by atoms with Gasteiger partial charge in [-0.15, -0.1) is 0 Å². The van der Waals surface area contributed by atoms with Gasteiger partial charge in [0.2, 0.25) is 12.7 Å². The predicted molar refractivity (Wildman–Crippen MR) is 130 cm³/mol. The molecular formula is C25H19N5O7. The van der Waals surface area contributed by atoms with Gasteiger partial charge >= 0.3 is 0 Å². The number of hydrogen-bond donors (Lipinski definition) is 5. The molecular weight excluding hydrogens is 482 g/mol. The summed E-state index contributed by atoms with van der Waals surface area (Å²) < 4.78 is 16.4. The van der Waals surface area contributed by atoms with Gasteiger partial charge in [0.15, 0.2) is 23.3 Å². The second kappa shape index (κ2) is 9.70. The third kappa shape index (κ3) is 4.62. The van der Waals surface area contributed by atoms with Gasteiger partial charge in [-0.3, -0.25) is 15.0 Å². The highest BCUT2D eigenvalue weighted by atomic mass is 16.7. The summed E-state index contributed by atoms with van der Waals surface area (Å²) >= 11 is 0. The van der Waals surface area contributed by atoms with Crippen molar-refractivity contribution in [2.75, 3.05) is 6.79 Å². The third-order valence-corrected chi connectivity index (χ3v) is 5.49. The van der Waals surface area contributed by atoms with Crippen LogP contribution in [0.3, 0.4) is 0 Å². The maximum atomic E-state index is 12.6. The molecule has 5 N–H and O–H groups in total. The first kappa shape index (κ1) is 23.4. The standard InChI is InChI=1S/C25H19N5O7/c26-23-21(28-30-25(34)15-6-2-4-8-17(15)32)20(27-29-24(33)14-5-1-3-7-16(14)31)22(37-23)13-9-10-18-19(11-13)36-12-35-18/h1-11,22,26,31-32H,12H2,(H,29,33)(H,30,34)/b26-23?,27-20+,28-21+/t22-/m1/s1. The molecule has 2 aliphatic rings. The van der Waals surface area contributed by atoms with E-state index in [4.69, 9.17) is 19.6 Å². The van der Waals surface area contributed by atoms with Gasteiger partial charge in [0.1, 0.15) is 17.2 Å². The normalized spacial score (nSPS) is 18.1. The number of fused-ring (bicyclic) bond motifs is 1. The molecule has 3 aromatic carbocycles. The van der Waals surface area contributed by atoms with Crippen molar-refractivity contribution in [3.63, 3.8) is 0 Å². The van der Waals surface area contributed by atoms with Gasteiger partial charge in [-0.2, -0.15) is 10.2 Å². The number of amides is 2. The summed E-state index contributed by atoms with van der Waals surface area (Å²) in [5.41, 5.74) is 4.91. The Labute approximate surface area is 209 Å². The van der Waals surface area contributed by atoms with Crippen molar-refractivity contribution in [1.82, 2.24) is 10.9 Å². The molecule has 0 aliphatic carbocycles. The van der Waals surface area contributed by atoms with E-state index >= 15 is 0 Å². The average Bonchev–Trinajstić information content (AvgIpc) is 3.49. The zero-order chi connectivity index (χ0) is 25.9. The lowest BCUT2D eigenvalue weighted by Crippen LogP contribution is -2.28. The third-order valence-electron chi connectivity index (χ3n) is 5.49. The summed E-state index contributed by atoms with van der Waals surface area (Å²) in [5.74, 6) is -1.37. The topological polar surface area (TPSA) is 175 Å². The van der Waals surface area contributed by atoms with Gasteiger partial charge in [0, 0.05) is 5.56 Å². The Hall–Kier alpha value is -5.39. The molecule has 1 atom stereocenters. The Kier molecular flexibility index (Phi) is 6.12. The number of phenols is 2. The van der Waals surface area contributed by atoms with Crippen LogP contribution in [0.25, 0.3) is 0 Å². The fraction of sp³-hybridized carbons (Fsp3) is 0.0800. The zero-order valence-electron chi connectivity index (χ0n) is 19.0. The number of hydrogen-bond acceptors (Lipinski definition) is 10. The SMILES string of the molecule is N=C1O[C@H](c2ccc3c(c2)OCO3)C(=N/NC(=O)c2ccccc2O)/C1=N\NC(=O)c1ccccc1O. The van der Waals surface area contributed by atoms with E-state index in [1.807, 2.05) is 0 Å². The lowest BCUT2D eigenvalue weighted by molar-refractivity contribution is 0.0943. The lowest BCUT2D eigenvalue weighted by atomic mass is 10.0. The Morgan fingerprint density at radius 3 is 2.08 bits per heavy atom. The predicted octanol–water partition coefficient (Wildman–Crippen LogP) is 2.45. The molecule has 12 nitrogen and oxygen atoms in total. The first-order valence-corrected chi connectivity index (χ1v) is 10.9. The van der Waals surface area contributed by atoms with Crippen LogP contribution in [0, 0.1) is 5.41 Å². The highest BCUT2D eigenvalue weighted by Gasteiger charge is 2.38. The van der Waals surface area contributed by atoms with Gasteiger partial charge in [0.25, 0.3) is 11.8 Å². The fourth-order valence-corrected chi connectivity index (χ4v) is 3.66. The maximum absolute atomic E-state index is 12.6. The molecule has 0 bridgehead atoms. The Balaban J connectivity index is 1.48. The van der Waals surface area contributed by atoms with Crippen LogP contribution in [-0.4, -0.2) is 46.1 Å². The number of rotatable bonds is 5. The zero-order valence-corrected chi connectivity index (χ0v) is 19.0. The Morgan fingerprint density at radius 2 is 1.43 bits per heavy atom. The number of para-hydroxylation sites is 2. The minimum absolute atomic E-state index is 0.00483. The minimum atomic E-state index is -0.993. The molecule has 2 amide bonds. The summed E-state index contributed by atoms with van der Waals surface area (Å²) in [6, 6.07) is 16.8. The highest BCUT2D eigenvalue weighted by Crippen LogP contribution is 2.37. The van der Waals surface area contributed by atoms with E-state index in [0.29, 0.717) is 17.1 Å². The van der Waals surface area contributed by atoms with Crippen LogP contribution in [0.5, 0.6) is 23.0 Å². The van der Waals surface area contributed by atoms with Crippen LogP contribution in [0.4, 0.5) is 0 Å². The van der Waals surface area contributed by atoms with Gasteiger partial charge < -0.3 is 24.4 Å². The van der Waals surface area contributed by atoms with Crippen molar-refractivity contribution in [3.05, 3.63) is 83.4 Å². The van der Waals surface area contributed by atoms with Crippen LogP contribution >= 0.6 is 0 Å². The summed E-state index contributed by atoms with van der Waals surface area (Å²) in [6.07, 6.45) is -0.993. The van der Waals surface area contributed by atoms with Gasteiger partial charge in [0.05, 0.1) is 11.1 Å². The molecule has 3 aromatic rings. The van der Waals surface area contributed by atoms with Crippen molar-refractivity contribution in [2.24, 2.45) is 10.2 Å². The molecule has 2 aliphatic heterocycles. The lowest BCUT2D eigenvalue weighted by Gasteiger charge is -2.11. The van der Waals surface area contributed by atoms with Crippen LogP contribution in [0.1, 0.15) is 32.4 Å². The summed E-state index contributed by atoms with van der Waals surface area (Å²) in [7, 11) is 0. The van der Waals surface area contributed by atoms with Crippen molar-refractivity contribution in [2.45, 2.75) is 6.10 Å². The smallest absolute Gasteiger partial charge is 0.275 e. The number of nitrogens with one attached hydrogen (secondary N) is 3. The highest BCUT2D eigenvalue weighted by molar-refractivity contribution is 6.69. The van der Waals surface area contributed by atoms with E-state index in [2.05, 4.69) is 21.1 Å². The van der Waals surface area contributed by atoms with Crippen molar-refractivity contribution in [3.8, 4) is 23.0 Å². The number of hydrazone groups is 2. The fourth-order valence-electron chi connectivity index (χ4n) is 3.66. The number of nitrogens with zero attached hydrogens (tertiary/aromatic N) is 2. The summed E-state index contributed by atoms with van der Waals surface area (Å²) in [4.78, 5) is 25.2. The quantitative estimate of drug-likeness (QED) is 0.334. The van der Waals surface area contributed by atoms with Crippen molar-refractivity contribution >= 4 is 29.1 Å². The number of aromatic hydroxyl groups is 2. The van der Waals surface area contributed by atoms with Crippen molar-refractivity contribution < 1.29 is 34.0 Å². The maximum Gasteiger partial charge on any atom is 0.275 e. The molecule has 0 aromatic heterocycles. The molecule has 0 spiro atoms. The van der Waals surface area contributed by atoms with Crippen molar-refractivity contribution in [1.29, 1.82) is 5.41 Å². The van der Waals surface area contributed by atoms with Gasteiger partial charge in [-0.1, -0.05) is 30.3 Å².